The van der Waals surface area contributed by atoms with Gasteiger partial charge in [0.1, 0.15) is 0 Å². The van der Waals surface area contributed by atoms with E-state index in [-0.39, 0.29) is 0 Å². The summed E-state index contributed by atoms with van der Waals surface area (Å²) in [6.07, 6.45) is 12.9. The molecule has 20 heavy (non-hydrogen) atoms. The fourth-order valence-corrected chi connectivity index (χ4v) is 3.15. The van der Waals surface area contributed by atoms with Gasteiger partial charge in [0, 0.05) is 12.6 Å². The molecule has 0 amide bonds. The van der Waals surface area contributed by atoms with Gasteiger partial charge in [0.15, 0.2) is 0 Å². The molecule has 2 heteroatoms. The highest BCUT2D eigenvalue weighted by atomic mass is 15.1. The molecule has 1 aliphatic rings. The van der Waals surface area contributed by atoms with E-state index in [1.54, 1.807) is 0 Å². The molecule has 0 aromatic rings. The molecule has 1 N–H and O–H groups in total. The lowest BCUT2D eigenvalue weighted by atomic mass is 10.1. The van der Waals surface area contributed by atoms with Crippen LogP contribution < -0.4 is 5.32 Å². The van der Waals surface area contributed by atoms with Crippen LogP contribution in [-0.2, 0) is 0 Å². The number of nitrogens with one attached hydrogen (secondary N) is 1. The average Bonchev–Trinajstić information content (AvgIpc) is 2.87. The van der Waals surface area contributed by atoms with E-state index in [0.717, 1.165) is 5.92 Å². The summed E-state index contributed by atoms with van der Waals surface area (Å²) in [4.78, 5) is 2.68. The molecule has 1 heterocycles. The first-order chi connectivity index (χ1) is 9.72. The lowest BCUT2D eigenvalue weighted by Gasteiger charge is -2.17. The van der Waals surface area contributed by atoms with Crippen LogP contribution in [0.5, 0.6) is 0 Å². The summed E-state index contributed by atoms with van der Waals surface area (Å²) in [6.45, 7) is 12.0. The van der Waals surface area contributed by atoms with Crippen molar-refractivity contribution in [2.45, 2.75) is 84.6 Å². The normalized spacial score (nSPS) is 20.1. The summed E-state index contributed by atoms with van der Waals surface area (Å²) in [5.74, 6) is 0.895. The molecule has 0 aromatic carbocycles. The molecule has 1 atom stereocenters. The van der Waals surface area contributed by atoms with Crippen molar-refractivity contribution in [2.24, 2.45) is 5.92 Å². The number of hydrogen-bond acceptors (Lipinski definition) is 2. The fraction of sp³-hybridized carbons (Fsp3) is 1.00. The van der Waals surface area contributed by atoms with Crippen molar-refractivity contribution in [3.05, 3.63) is 0 Å². The van der Waals surface area contributed by atoms with Gasteiger partial charge in [-0.2, -0.15) is 0 Å². The number of likely N-dealkylation sites (tertiary alicyclic amines) is 1. The van der Waals surface area contributed by atoms with Crippen molar-refractivity contribution >= 4 is 0 Å². The zero-order valence-corrected chi connectivity index (χ0v) is 14.3. The Labute approximate surface area is 127 Å². The summed E-state index contributed by atoms with van der Waals surface area (Å²) in [5.41, 5.74) is 0. The quantitative estimate of drug-likeness (QED) is 0.532. The van der Waals surface area contributed by atoms with E-state index in [1.165, 1.54) is 84.0 Å². The van der Waals surface area contributed by atoms with Crippen molar-refractivity contribution in [3.8, 4) is 0 Å². The minimum absolute atomic E-state index is 0.636. The van der Waals surface area contributed by atoms with Crippen LogP contribution in [-0.4, -0.2) is 37.1 Å². The molecule has 0 saturated carbocycles. The third-order valence-electron chi connectivity index (χ3n) is 4.51. The van der Waals surface area contributed by atoms with Gasteiger partial charge in [-0.15, -0.1) is 0 Å². The number of nitrogens with zero attached hydrogens (tertiary/aromatic N) is 1. The van der Waals surface area contributed by atoms with Crippen LogP contribution in [0.4, 0.5) is 0 Å². The Kier molecular flexibility index (Phi) is 10.4. The second-order valence-corrected chi connectivity index (χ2v) is 6.99. The van der Waals surface area contributed by atoms with Gasteiger partial charge in [-0.3, -0.25) is 0 Å². The van der Waals surface area contributed by atoms with Crippen molar-refractivity contribution < 1.29 is 0 Å². The van der Waals surface area contributed by atoms with Crippen molar-refractivity contribution in [1.29, 1.82) is 0 Å². The second-order valence-electron chi connectivity index (χ2n) is 6.99. The molecule has 1 rings (SSSR count). The van der Waals surface area contributed by atoms with Crippen LogP contribution in [0.15, 0.2) is 0 Å². The van der Waals surface area contributed by atoms with Crippen molar-refractivity contribution in [2.75, 3.05) is 26.2 Å². The molecule has 0 aromatic heterocycles. The van der Waals surface area contributed by atoms with Gasteiger partial charge < -0.3 is 10.2 Å². The van der Waals surface area contributed by atoms with Gasteiger partial charge in [0.2, 0.25) is 0 Å². The Morgan fingerprint density at radius 2 is 1.65 bits per heavy atom. The molecular weight excluding hydrogens is 244 g/mol. The molecule has 1 unspecified atom stereocenters. The van der Waals surface area contributed by atoms with Crippen LogP contribution in [0.1, 0.15) is 78.6 Å². The van der Waals surface area contributed by atoms with E-state index in [1.807, 2.05) is 0 Å². The summed E-state index contributed by atoms with van der Waals surface area (Å²) in [5, 5.41) is 3.58. The predicted octanol–water partition coefficient (Wildman–Crippen LogP) is 4.45. The lowest BCUT2D eigenvalue weighted by molar-refractivity contribution is 0.310. The van der Waals surface area contributed by atoms with Crippen LogP contribution in [0.3, 0.4) is 0 Å². The molecule has 120 valence electrons. The molecule has 1 saturated heterocycles. The number of unbranched alkanes of at least 4 members (excludes halogenated alkanes) is 7. The highest BCUT2D eigenvalue weighted by Gasteiger charge is 2.21. The molecule has 1 fully saturated rings. The summed E-state index contributed by atoms with van der Waals surface area (Å²) < 4.78 is 0. The number of hydrogen-bond donors (Lipinski definition) is 1. The van der Waals surface area contributed by atoms with Gasteiger partial charge in [-0.1, -0.05) is 65.7 Å². The molecule has 2 nitrogen and oxygen atoms in total. The van der Waals surface area contributed by atoms with E-state index in [4.69, 9.17) is 0 Å². The van der Waals surface area contributed by atoms with Gasteiger partial charge in [-0.25, -0.2) is 0 Å². The zero-order chi connectivity index (χ0) is 14.6. The minimum Gasteiger partial charge on any atom is -0.314 e. The smallest absolute Gasteiger partial charge is 0.00223 e. The first-order valence-corrected chi connectivity index (χ1v) is 9.18. The molecule has 0 aliphatic carbocycles. The van der Waals surface area contributed by atoms with Gasteiger partial charge in [0.05, 0.1) is 0 Å². The van der Waals surface area contributed by atoms with E-state index < -0.39 is 0 Å². The first-order valence-electron chi connectivity index (χ1n) is 9.18. The Hall–Kier alpha value is -0.0800. The Morgan fingerprint density at radius 1 is 1.00 bits per heavy atom. The highest BCUT2D eigenvalue weighted by Crippen LogP contribution is 2.16. The van der Waals surface area contributed by atoms with Crippen LogP contribution in [0, 0.1) is 5.92 Å². The molecule has 0 spiro atoms. The van der Waals surface area contributed by atoms with Crippen LogP contribution >= 0.6 is 0 Å². The third kappa shape index (κ3) is 8.97. The zero-order valence-electron chi connectivity index (χ0n) is 14.3. The molecule has 0 bridgehead atoms. The van der Waals surface area contributed by atoms with E-state index in [0.29, 0.717) is 6.04 Å². The Bertz CT molecular complexity index is 215. The standard InChI is InChI=1S/C18H38N2/c1-4-5-6-7-8-9-10-11-13-20-14-12-18(16-20)15-19-17(2)3/h17-19H,4-16H2,1-3H3. The van der Waals surface area contributed by atoms with E-state index in [2.05, 4.69) is 31.0 Å². The average molecular weight is 283 g/mol. The van der Waals surface area contributed by atoms with Gasteiger partial charge in [-0.05, 0) is 38.4 Å². The highest BCUT2D eigenvalue weighted by molar-refractivity contribution is 4.77. The predicted molar refractivity (Wildman–Crippen MR) is 90.3 cm³/mol. The maximum absolute atomic E-state index is 3.58. The minimum atomic E-state index is 0.636. The summed E-state index contributed by atoms with van der Waals surface area (Å²) in [7, 11) is 0. The maximum Gasteiger partial charge on any atom is 0.00223 e. The lowest BCUT2D eigenvalue weighted by Crippen LogP contribution is -2.31. The largest absolute Gasteiger partial charge is 0.314 e. The van der Waals surface area contributed by atoms with Crippen LogP contribution in [0.25, 0.3) is 0 Å². The second kappa shape index (κ2) is 11.6. The third-order valence-corrected chi connectivity index (χ3v) is 4.51. The van der Waals surface area contributed by atoms with E-state index in [9.17, 15) is 0 Å². The van der Waals surface area contributed by atoms with Crippen molar-refractivity contribution in [3.63, 3.8) is 0 Å². The summed E-state index contributed by atoms with van der Waals surface area (Å²) in [6, 6.07) is 0.636. The van der Waals surface area contributed by atoms with Crippen LogP contribution in [0.2, 0.25) is 0 Å². The van der Waals surface area contributed by atoms with Gasteiger partial charge in [0.25, 0.3) is 0 Å². The Morgan fingerprint density at radius 3 is 2.30 bits per heavy atom. The summed E-state index contributed by atoms with van der Waals surface area (Å²) >= 11 is 0. The topological polar surface area (TPSA) is 15.3 Å². The maximum atomic E-state index is 3.58. The number of rotatable bonds is 12. The molecule has 1 aliphatic heterocycles. The molecule has 0 radical (unpaired) electrons. The molecular formula is C18H38N2. The van der Waals surface area contributed by atoms with E-state index >= 15 is 0 Å². The monoisotopic (exact) mass is 282 g/mol. The van der Waals surface area contributed by atoms with Crippen molar-refractivity contribution in [1.82, 2.24) is 10.2 Å². The van der Waals surface area contributed by atoms with Gasteiger partial charge >= 0.3 is 0 Å². The first kappa shape index (κ1) is 18.0. The Balaban J connectivity index is 1.88. The fourth-order valence-electron chi connectivity index (χ4n) is 3.15. The SMILES string of the molecule is CCCCCCCCCCN1CCC(CNC(C)C)C1.